The number of amides is 2. The lowest BCUT2D eigenvalue weighted by Gasteiger charge is -2.32. The Morgan fingerprint density at radius 1 is 1.29 bits per heavy atom. The van der Waals surface area contributed by atoms with Crippen molar-refractivity contribution >= 4 is 45.0 Å². The molecule has 154 valence electrons. The summed E-state index contributed by atoms with van der Waals surface area (Å²) >= 11 is 11.8. The third-order valence-corrected chi connectivity index (χ3v) is 5.63. The van der Waals surface area contributed by atoms with Gasteiger partial charge in [-0.15, -0.1) is 0 Å². The van der Waals surface area contributed by atoms with E-state index < -0.39 is 15.9 Å². The fourth-order valence-corrected chi connectivity index (χ4v) is 3.51. The molecule has 1 heterocycles. The molecule has 0 unspecified atom stereocenters. The Hall–Kier alpha value is -1.81. The van der Waals surface area contributed by atoms with E-state index in [1.807, 2.05) is 0 Å². The van der Waals surface area contributed by atoms with Crippen LogP contribution in [0.3, 0.4) is 0 Å². The van der Waals surface area contributed by atoms with Gasteiger partial charge in [0.05, 0.1) is 11.6 Å². The topological polar surface area (TPSA) is 105 Å². The average molecular weight is 450 g/mol. The molecule has 2 rings (SSSR count). The lowest BCUT2D eigenvalue weighted by Crippen LogP contribution is -2.49. The van der Waals surface area contributed by atoms with E-state index >= 15 is 0 Å². The normalized spacial score (nSPS) is 15.1. The molecule has 1 aromatic rings. The van der Waals surface area contributed by atoms with E-state index in [-0.39, 0.29) is 25.1 Å². The van der Waals surface area contributed by atoms with Gasteiger partial charge in [-0.05, 0) is 31.0 Å². The van der Waals surface area contributed by atoms with Crippen LogP contribution in [-0.4, -0.2) is 57.4 Å². The van der Waals surface area contributed by atoms with Gasteiger partial charge in [0.25, 0.3) is 5.91 Å². The van der Waals surface area contributed by atoms with Gasteiger partial charge in [0.15, 0.2) is 6.61 Å². The first-order chi connectivity index (χ1) is 13.2. The summed E-state index contributed by atoms with van der Waals surface area (Å²) in [6.45, 7) is 3.56. The molecule has 1 aliphatic heterocycles. The van der Waals surface area contributed by atoms with Crippen LogP contribution < -0.4 is 14.8 Å². The highest BCUT2D eigenvalue weighted by Crippen LogP contribution is 2.27. The Balaban J connectivity index is 1.73. The van der Waals surface area contributed by atoms with Crippen molar-refractivity contribution in [1.82, 2.24) is 14.9 Å². The van der Waals surface area contributed by atoms with Crippen molar-refractivity contribution in [2.45, 2.75) is 18.9 Å². The van der Waals surface area contributed by atoms with Gasteiger partial charge >= 0.3 is 0 Å². The fourth-order valence-electron chi connectivity index (χ4n) is 2.60. The molecule has 1 aliphatic rings. The number of halogens is 2. The minimum Gasteiger partial charge on any atom is -0.482 e. The van der Waals surface area contributed by atoms with Crippen molar-refractivity contribution in [3.05, 3.63) is 40.2 Å². The molecule has 0 aliphatic carbocycles. The van der Waals surface area contributed by atoms with Crippen molar-refractivity contribution in [1.29, 1.82) is 0 Å². The average Bonchev–Trinajstić information content (AvgIpc) is 2.66. The zero-order chi connectivity index (χ0) is 20.7. The summed E-state index contributed by atoms with van der Waals surface area (Å²) in [6.07, 6.45) is 1.13. The number of piperidine rings is 1. The monoisotopic (exact) mass is 449 g/mol. The predicted octanol–water partition coefficient (Wildman–Crippen LogP) is 1.54. The first-order valence-corrected chi connectivity index (χ1v) is 10.8. The zero-order valence-electron chi connectivity index (χ0n) is 15.0. The molecule has 1 aromatic carbocycles. The summed E-state index contributed by atoms with van der Waals surface area (Å²) in [5, 5.41) is 4.29. The maximum atomic E-state index is 12.3. The molecular weight excluding hydrogens is 429 g/mol. The van der Waals surface area contributed by atoms with E-state index in [0.29, 0.717) is 41.7 Å². The minimum absolute atomic E-state index is 0.128. The first-order valence-electron chi connectivity index (χ1n) is 8.47. The van der Waals surface area contributed by atoms with E-state index in [9.17, 15) is 18.0 Å². The van der Waals surface area contributed by atoms with Crippen molar-refractivity contribution in [2.75, 3.05) is 26.2 Å². The molecular formula is C17H21Cl2N3O5S. The summed E-state index contributed by atoms with van der Waals surface area (Å²) < 4.78 is 30.0. The van der Waals surface area contributed by atoms with E-state index in [0.717, 1.165) is 5.41 Å². The number of carbonyl (C=O) groups excluding carboxylic acids is 2. The summed E-state index contributed by atoms with van der Waals surface area (Å²) in [5.74, 6) is -0.242. The van der Waals surface area contributed by atoms with Gasteiger partial charge < -0.3 is 15.0 Å². The molecule has 2 amide bonds. The Morgan fingerprint density at radius 3 is 2.57 bits per heavy atom. The SMILES string of the molecule is C=CS(=O)(=O)NCC(=O)NC1CCN(C(=O)COc2ccc(Cl)cc2Cl)CC1. The highest BCUT2D eigenvalue weighted by molar-refractivity contribution is 7.92. The number of hydrogen-bond donors (Lipinski definition) is 2. The number of benzene rings is 1. The van der Waals surface area contributed by atoms with Crippen LogP contribution in [0.1, 0.15) is 12.8 Å². The molecule has 1 fully saturated rings. The number of rotatable bonds is 8. The minimum atomic E-state index is -3.64. The summed E-state index contributed by atoms with van der Waals surface area (Å²) in [4.78, 5) is 25.7. The molecule has 1 saturated heterocycles. The molecule has 11 heteroatoms. The third-order valence-electron chi connectivity index (χ3n) is 4.11. The summed E-state index contributed by atoms with van der Waals surface area (Å²) in [5.41, 5.74) is 0. The Morgan fingerprint density at radius 2 is 1.96 bits per heavy atom. The van der Waals surface area contributed by atoms with Crippen LogP contribution in [0.5, 0.6) is 5.75 Å². The Labute approximate surface area is 173 Å². The van der Waals surface area contributed by atoms with Gasteiger partial charge in [-0.1, -0.05) is 29.8 Å². The van der Waals surface area contributed by atoms with E-state index in [2.05, 4.69) is 16.6 Å². The van der Waals surface area contributed by atoms with E-state index in [4.69, 9.17) is 27.9 Å². The lowest BCUT2D eigenvalue weighted by atomic mass is 10.1. The van der Waals surface area contributed by atoms with Crippen LogP contribution in [0.2, 0.25) is 10.0 Å². The molecule has 0 aromatic heterocycles. The highest BCUT2D eigenvalue weighted by Gasteiger charge is 2.24. The van der Waals surface area contributed by atoms with Crippen LogP contribution in [0.25, 0.3) is 0 Å². The first kappa shape index (κ1) is 22.5. The van der Waals surface area contributed by atoms with Crippen molar-refractivity contribution in [3.63, 3.8) is 0 Å². The molecule has 0 radical (unpaired) electrons. The van der Waals surface area contributed by atoms with Gasteiger partial charge in [0.2, 0.25) is 15.9 Å². The highest BCUT2D eigenvalue weighted by atomic mass is 35.5. The van der Waals surface area contributed by atoms with Crippen molar-refractivity contribution < 1.29 is 22.7 Å². The maximum absolute atomic E-state index is 12.3. The molecule has 0 spiro atoms. The lowest BCUT2D eigenvalue weighted by molar-refractivity contribution is -0.134. The summed E-state index contributed by atoms with van der Waals surface area (Å²) in [6, 6.07) is 4.62. The van der Waals surface area contributed by atoms with Gasteiger partial charge in [0, 0.05) is 29.6 Å². The second kappa shape index (κ2) is 10.1. The largest absolute Gasteiger partial charge is 0.482 e. The van der Waals surface area contributed by atoms with E-state index in [1.54, 1.807) is 17.0 Å². The van der Waals surface area contributed by atoms with Crippen molar-refractivity contribution in [2.24, 2.45) is 0 Å². The van der Waals surface area contributed by atoms with Crippen LogP contribution in [0.15, 0.2) is 30.2 Å². The quantitative estimate of drug-likeness (QED) is 0.626. The molecule has 2 N–H and O–H groups in total. The van der Waals surface area contributed by atoms with Crippen LogP contribution in [0, 0.1) is 0 Å². The molecule has 0 atom stereocenters. The van der Waals surface area contributed by atoms with Gasteiger partial charge in [-0.3, -0.25) is 9.59 Å². The molecule has 28 heavy (non-hydrogen) atoms. The van der Waals surface area contributed by atoms with Gasteiger partial charge in [0.1, 0.15) is 5.75 Å². The number of sulfonamides is 1. The predicted molar refractivity (Wildman–Crippen MR) is 107 cm³/mol. The number of nitrogens with zero attached hydrogens (tertiary/aromatic N) is 1. The van der Waals surface area contributed by atoms with Crippen LogP contribution >= 0.6 is 23.2 Å². The second-order valence-electron chi connectivity index (χ2n) is 6.12. The standard InChI is InChI=1S/C17H21Cl2N3O5S/c1-2-28(25,26)20-10-16(23)21-13-5-7-22(8-6-13)17(24)11-27-15-4-3-12(18)9-14(15)19/h2-4,9,13,20H,1,5-8,10-11H2,(H,21,23). The smallest absolute Gasteiger partial charge is 0.260 e. The van der Waals surface area contributed by atoms with Gasteiger partial charge in [-0.2, -0.15) is 0 Å². The number of carbonyl (C=O) groups is 2. The Bertz CT molecular complexity index is 839. The fraction of sp³-hybridized carbons (Fsp3) is 0.412. The molecule has 0 bridgehead atoms. The van der Waals surface area contributed by atoms with Gasteiger partial charge in [-0.25, -0.2) is 13.1 Å². The molecule has 8 nitrogen and oxygen atoms in total. The van der Waals surface area contributed by atoms with Crippen molar-refractivity contribution in [3.8, 4) is 5.75 Å². The van der Waals surface area contributed by atoms with E-state index in [1.165, 1.54) is 6.07 Å². The van der Waals surface area contributed by atoms with Crippen LogP contribution in [-0.2, 0) is 19.6 Å². The molecule has 0 saturated carbocycles. The zero-order valence-corrected chi connectivity index (χ0v) is 17.3. The number of hydrogen-bond acceptors (Lipinski definition) is 5. The number of ether oxygens (including phenoxy) is 1. The maximum Gasteiger partial charge on any atom is 0.260 e. The second-order valence-corrected chi connectivity index (χ2v) is 8.67. The number of nitrogens with one attached hydrogen (secondary N) is 2. The third kappa shape index (κ3) is 6.97. The van der Waals surface area contributed by atoms with Crippen LogP contribution in [0.4, 0.5) is 0 Å². The summed E-state index contributed by atoms with van der Waals surface area (Å²) in [7, 11) is -3.64. The number of likely N-dealkylation sites (tertiary alicyclic amines) is 1. The Kier molecular flexibility index (Phi) is 8.11.